The maximum Gasteiger partial charge on any atom is 0.123 e. The van der Waals surface area contributed by atoms with E-state index in [1.807, 2.05) is 12.1 Å². The van der Waals surface area contributed by atoms with Crippen molar-refractivity contribution in [3.63, 3.8) is 0 Å². The quantitative estimate of drug-likeness (QED) is 0.779. The van der Waals surface area contributed by atoms with E-state index in [0.717, 1.165) is 24.9 Å². The number of hydrogen-bond donors (Lipinski definition) is 2. The maximum absolute atomic E-state index is 12.7. The summed E-state index contributed by atoms with van der Waals surface area (Å²) in [6.45, 7) is 1.17. The standard InChI is InChI=1S/C12H16FNO/c13-11-3-1-10(2-4-11)12-7-9(8-15)5-6-14-12/h1-4,9,12,14-15H,5-8H2. The summed E-state index contributed by atoms with van der Waals surface area (Å²) in [4.78, 5) is 0. The predicted molar refractivity (Wildman–Crippen MR) is 57.0 cm³/mol. The molecular weight excluding hydrogens is 193 g/mol. The van der Waals surface area contributed by atoms with Gasteiger partial charge in [-0.1, -0.05) is 12.1 Å². The van der Waals surface area contributed by atoms with E-state index in [-0.39, 0.29) is 18.5 Å². The number of halogens is 1. The normalized spacial score (nSPS) is 26.5. The van der Waals surface area contributed by atoms with Gasteiger partial charge >= 0.3 is 0 Å². The van der Waals surface area contributed by atoms with Gasteiger partial charge in [0.05, 0.1) is 0 Å². The number of aliphatic hydroxyl groups excluding tert-OH is 1. The Balaban J connectivity index is 2.06. The van der Waals surface area contributed by atoms with Crippen molar-refractivity contribution in [1.82, 2.24) is 5.32 Å². The second-order valence-corrected chi connectivity index (χ2v) is 4.13. The zero-order valence-electron chi connectivity index (χ0n) is 8.62. The molecule has 0 aliphatic carbocycles. The monoisotopic (exact) mass is 209 g/mol. The average Bonchev–Trinajstić information content (AvgIpc) is 2.30. The molecule has 82 valence electrons. The van der Waals surface area contributed by atoms with E-state index in [0.29, 0.717) is 5.92 Å². The van der Waals surface area contributed by atoms with Gasteiger partial charge in [0.25, 0.3) is 0 Å². The number of aliphatic hydroxyl groups is 1. The summed E-state index contributed by atoms with van der Waals surface area (Å²) in [5, 5.41) is 12.5. The number of benzene rings is 1. The summed E-state index contributed by atoms with van der Waals surface area (Å²) in [5.74, 6) is 0.176. The molecule has 2 rings (SSSR count). The maximum atomic E-state index is 12.7. The molecule has 0 aromatic heterocycles. The highest BCUT2D eigenvalue weighted by atomic mass is 19.1. The fourth-order valence-corrected chi connectivity index (χ4v) is 2.11. The lowest BCUT2D eigenvalue weighted by atomic mass is 9.89. The lowest BCUT2D eigenvalue weighted by Crippen LogP contribution is -2.33. The highest BCUT2D eigenvalue weighted by Crippen LogP contribution is 2.26. The van der Waals surface area contributed by atoms with E-state index in [4.69, 9.17) is 5.11 Å². The van der Waals surface area contributed by atoms with Gasteiger partial charge in [0.15, 0.2) is 0 Å². The topological polar surface area (TPSA) is 32.3 Å². The molecule has 1 fully saturated rings. The fraction of sp³-hybridized carbons (Fsp3) is 0.500. The first-order chi connectivity index (χ1) is 7.29. The van der Waals surface area contributed by atoms with E-state index < -0.39 is 0 Å². The van der Waals surface area contributed by atoms with Crippen LogP contribution in [0.15, 0.2) is 24.3 Å². The SMILES string of the molecule is OCC1CCNC(c2ccc(F)cc2)C1. The molecule has 15 heavy (non-hydrogen) atoms. The molecule has 1 aromatic carbocycles. The molecule has 1 aliphatic heterocycles. The van der Waals surface area contributed by atoms with Gasteiger partial charge in [-0.3, -0.25) is 0 Å². The van der Waals surface area contributed by atoms with E-state index in [1.165, 1.54) is 12.1 Å². The van der Waals surface area contributed by atoms with Crippen LogP contribution in [0.4, 0.5) is 4.39 Å². The average molecular weight is 209 g/mol. The van der Waals surface area contributed by atoms with E-state index in [1.54, 1.807) is 0 Å². The van der Waals surface area contributed by atoms with E-state index in [9.17, 15) is 4.39 Å². The molecule has 3 heteroatoms. The van der Waals surface area contributed by atoms with Crippen LogP contribution >= 0.6 is 0 Å². The number of rotatable bonds is 2. The Morgan fingerprint density at radius 3 is 2.73 bits per heavy atom. The molecule has 2 unspecified atom stereocenters. The molecule has 1 aromatic rings. The van der Waals surface area contributed by atoms with Crippen molar-refractivity contribution >= 4 is 0 Å². The Bertz CT molecular complexity index is 312. The Morgan fingerprint density at radius 2 is 2.07 bits per heavy atom. The zero-order chi connectivity index (χ0) is 10.7. The number of piperidine rings is 1. The molecule has 0 saturated carbocycles. The van der Waals surface area contributed by atoms with Crippen molar-refractivity contribution in [2.24, 2.45) is 5.92 Å². The molecule has 0 amide bonds. The van der Waals surface area contributed by atoms with Gasteiger partial charge < -0.3 is 10.4 Å². The molecular formula is C12H16FNO. The summed E-state index contributed by atoms with van der Waals surface area (Å²) in [5.41, 5.74) is 1.11. The van der Waals surface area contributed by atoms with Crippen molar-refractivity contribution in [2.75, 3.05) is 13.2 Å². The Morgan fingerprint density at radius 1 is 1.33 bits per heavy atom. The van der Waals surface area contributed by atoms with E-state index in [2.05, 4.69) is 5.32 Å². The summed E-state index contributed by atoms with van der Waals surface area (Å²) < 4.78 is 12.7. The third-order valence-corrected chi connectivity index (χ3v) is 3.04. The summed E-state index contributed by atoms with van der Waals surface area (Å²) >= 11 is 0. The molecule has 0 spiro atoms. The minimum atomic E-state index is -0.201. The van der Waals surface area contributed by atoms with Crippen LogP contribution in [0.5, 0.6) is 0 Å². The highest BCUT2D eigenvalue weighted by molar-refractivity contribution is 5.20. The van der Waals surface area contributed by atoms with Gasteiger partial charge in [-0.2, -0.15) is 0 Å². The third-order valence-electron chi connectivity index (χ3n) is 3.04. The first kappa shape index (κ1) is 10.6. The molecule has 0 radical (unpaired) electrons. The highest BCUT2D eigenvalue weighted by Gasteiger charge is 2.21. The van der Waals surface area contributed by atoms with Crippen LogP contribution in [-0.2, 0) is 0 Å². The minimum absolute atomic E-state index is 0.201. The second-order valence-electron chi connectivity index (χ2n) is 4.13. The molecule has 2 nitrogen and oxygen atoms in total. The van der Waals surface area contributed by atoms with Gasteiger partial charge in [-0.25, -0.2) is 4.39 Å². The molecule has 1 heterocycles. The van der Waals surface area contributed by atoms with Gasteiger partial charge in [0.1, 0.15) is 5.82 Å². The summed E-state index contributed by atoms with van der Waals surface area (Å²) in [6.07, 6.45) is 1.95. The van der Waals surface area contributed by atoms with Gasteiger partial charge in [-0.15, -0.1) is 0 Å². The Labute approximate surface area is 89.1 Å². The molecule has 2 N–H and O–H groups in total. The predicted octanol–water partition coefficient (Wildman–Crippen LogP) is 1.86. The van der Waals surface area contributed by atoms with Crippen LogP contribution < -0.4 is 5.32 Å². The summed E-state index contributed by atoms with van der Waals surface area (Å²) in [7, 11) is 0. The van der Waals surface area contributed by atoms with Crippen molar-refractivity contribution in [3.05, 3.63) is 35.6 Å². The van der Waals surface area contributed by atoms with Gasteiger partial charge in [0.2, 0.25) is 0 Å². The van der Waals surface area contributed by atoms with Crippen molar-refractivity contribution < 1.29 is 9.50 Å². The van der Waals surface area contributed by atoms with E-state index >= 15 is 0 Å². The van der Waals surface area contributed by atoms with Gasteiger partial charge in [-0.05, 0) is 43.0 Å². The van der Waals surface area contributed by atoms with Crippen LogP contribution in [0.3, 0.4) is 0 Å². The second kappa shape index (κ2) is 4.73. The third kappa shape index (κ3) is 2.55. The lowest BCUT2D eigenvalue weighted by molar-refractivity contribution is 0.176. The van der Waals surface area contributed by atoms with Crippen LogP contribution in [0, 0.1) is 11.7 Å². The molecule has 0 bridgehead atoms. The first-order valence-electron chi connectivity index (χ1n) is 5.39. The van der Waals surface area contributed by atoms with Crippen LogP contribution in [0.25, 0.3) is 0 Å². The molecule has 1 aliphatic rings. The Kier molecular flexibility index (Phi) is 3.34. The number of nitrogens with one attached hydrogen (secondary N) is 1. The molecule has 1 saturated heterocycles. The van der Waals surface area contributed by atoms with Crippen LogP contribution in [-0.4, -0.2) is 18.3 Å². The molecule has 2 atom stereocenters. The lowest BCUT2D eigenvalue weighted by Gasteiger charge is -2.29. The van der Waals surface area contributed by atoms with Crippen molar-refractivity contribution in [1.29, 1.82) is 0 Å². The first-order valence-corrected chi connectivity index (χ1v) is 5.39. The largest absolute Gasteiger partial charge is 0.396 e. The van der Waals surface area contributed by atoms with Gasteiger partial charge in [0, 0.05) is 12.6 Å². The minimum Gasteiger partial charge on any atom is -0.396 e. The van der Waals surface area contributed by atoms with Crippen molar-refractivity contribution in [2.45, 2.75) is 18.9 Å². The smallest absolute Gasteiger partial charge is 0.123 e. The Hall–Kier alpha value is -0.930. The zero-order valence-corrected chi connectivity index (χ0v) is 8.62. The van der Waals surface area contributed by atoms with Crippen LogP contribution in [0.1, 0.15) is 24.4 Å². The number of hydrogen-bond acceptors (Lipinski definition) is 2. The fourth-order valence-electron chi connectivity index (χ4n) is 2.11. The van der Waals surface area contributed by atoms with Crippen molar-refractivity contribution in [3.8, 4) is 0 Å². The van der Waals surface area contributed by atoms with Crippen LogP contribution in [0.2, 0.25) is 0 Å². The summed E-state index contributed by atoms with van der Waals surface area (Å²) in [6, 6.07) is 6.86.